The predicted molar refractivity (Wildman–Crippen MR) is 66.4 cm³/mol. The number of hydrogen-bond donors (Lipinski definition) is 2. The molecule has 15 heavy (non-hydrogen) atoms. The fraction of sp³-hybridized carbons (Fsp3) is 0.500. The van der Waals surface area contributed by atoms with Gasteiger partial charge in [-0.2, -0.15) is 0 Å². The average Bonchev–Trinajstić information content (AvgIpc) is 2.32. The third kappa shape index (κ3) is 3.86. The standard InChI is InChI=1S/C12H18N2S/c1-2-4-12(5-3-1)15-9-6-11-10-13-7-8-14-11/h1-5,11,13-14H,6-10H2/t11-/m0/s1. The Hall–Kier alpha value is -0.510. The van der Waals surface area contributed by atoms with E-state index < -0.39 is 0 Å². The maximum Gasteiger partial charge on any atom is 0.0201 e. The predicted octanol–water partition coefficient (Wildman–Crippen LogP) is 1.73. The molecular formula is C12H18N2S. The van der Waals surface area contributed by atoms with Crippen LogP contribution in [0.15, 0.2) is 35.2 Å². The summed E-state index contributed by atoms with van der Waals surface area (Å²) in [6.45, 7) is 3.35. The minimum absolute atomic E-state index is 0.662. The van der Waals surface area contributed by atoms with Gasteiger partial charge < -0.3 is 10.6 Å². The highest BCUT2D eigenvalue weighted by molar-refractivity contribution is 7.99. The third-order valence-electron chi connectivity index (χ3n) is 2.60. The topological polar surface area (TPSA) is 24.1 Å². The third-order valence-corrected chi connectivity index (χ3v) is 3.65. The van der Waals surface area contributed by atoms with Crippen LogP contribution in [-0.4, -0.2) is 31.4 Å². The molecule has 0 bridgehead atoms. The highest BCUT2D eigenvalue weighted by Crippen LogP contribution is 2.18. The van der Waals surface area contributed by atoms with E-state index in [1.54, 1.807) is 0 Å². The molecule has 2 rings (SSSR count). The van der Waals surface area contributed by atoms with E-state index in [0.29, 0.717) is 6.04 Å². The van der Waals surface area contributed by atoms with Crippen molar-refractivity contribution < 1.29 is 0 Å². The SMILES string of the molecule is c1ccc(SCC[C@H]2CNCCN2)cc1. The molecule has 1 aromatic carbocycles. The molecule has 1 heterocycles. The lowest BCUT2D eigenvalue weighted by Crippen LogP contribution is -2.48. The zero-order valence-electron chi connectivity index (χ0n) is 8.91. The van der Waals surface area contributed by atoms with Crippen molar-refractivity contribution in [1.29, 1.82) is 0 Å². The van der Waals surface area contributed by atoms with Crippen LogP contribution in [0.1, 0.15) is 6.42 Å². The van der Waals surface area contributed by atoms with Gasteiger partial charge in [0.1, 0.15) is 0 Å². The van der Waals surface area contributed by atoms with E-state index in [9.17, 15) is 0 Å². The molecule has 1 aromatic rings. The lowest BCUT2D eigenvalue weighted by molar-refractivity contribution is 0.412. The quantitative estimate of drug-likeness (QED) is 0.759. The Balaban J connectivity index is 1.66. The number of hydrogen-bond acceptors (Lipinski definition) is 3. The minimum atomic E-state index is 0.662. The molecule has 2 nitrogen and oxygen atoms in total. The van der Waals surface area contributed by atoms with Gasteiger partial charge in [0, 0.05) is 30.6 Å². The summed E-state index contributed by atoms with van der Waals surface area (Å²) in [5, 5.41) is 6.94. The van der Waals surface area contributed by atoms with Gasteiger partial charge in [0.25, 0.3) is 0 Å². The first kappa shape index (κ1) is 11.0. The van der Waals surface area contributed by atoms with Gasteiger partial charge in [-0.05, 0) is 24.3 Å². The van der Waals surface area contributed by atoms with Gasteiger partial charge in [-0.25, -0.2) is 0 Å². The maximum atomic E-state index is 3.53. The van der Waals surface area contributed by atoms with E-state index in [4.69, 9.17) is 0 Å². The summed E-state index contributed by atoms with van der Waals surface area (Å²) in [4.78, 5) is 1.38. The molecule has 0 amide bonds. The van der Waals surface area contributed by atoms with Gasteiger partial charge >= 0.3 is 0 Å². The maximum absolute atomic E-state index is 3.53. The molecule has 1 saturated heterocycles. The Kier molecular flexibility index (Phi) is 4.51. The van der Waals surface area contributed by atoms with E-state index >= 15 is 0 Å². The summed E-state index contributed by atoms with van der Waals surface area (Å²) in [5.74, 6) is 1.20. The van der Waals surface area contributed by atoms with E-state index in [2.05, 4.69) is 41.0 Å². The first-order valence-electron chi connectivity index (χ1n) is 5.57. The fourth-order valence-electron chi connectivity index (χ4n) is 1.75. The second-order valence-electron chi connectivity index (χ2n) is 3.81. The molecule has 0 radical (unpaired) electrons. The van der Waals surface area contributed by atoms with Crippen LogP contribution in [0.25, 0.3) is 0 Å². The number of nitrogens with one attached hydrogen (secondary N) is 2. The van der Waals surface area contributed by atoms with Crippen LogP contribution >= 0.6 is 11.8 Å². The lowest BCUT2D eigenvalue weighted by Gasteiger charge is -2.24. The summed E-state index contributed by atoms with van der Waals surface area (Å²) in [5.41, 5.74) is 0. The van der Waals surface area contributed by atoms with Crippen LogP contribution in [-0.2, 0) is 0 Å². The molecule has 2 N–H and O–H groups in total. The van der Waals surface area contributed by atoms with Crippen molar-refractivity contribution in [2.45, 2.75) is 17.4 Å². The monoisotopic (exact) mass is 222 g/mol. The smallest absolute Gasteiger partial charge is 0.0201 e. The largest absolute Gasteiger partial charge is 0.314 e. The van der Waals surface area contributed by atoms with Crippen molar-refractivity contribution in [3.05, 3.63) is 30.3 Å². The van der Waals surface area contributed by atoms with E-state index in [-0.39, 0.29) is 0 Å². The van der Waals surface area contributed by atoms with Crippen LogP contribution in [0.3, 0.4) is 0 Å². The van der Waals surface area contributed by atoms with Gasteiger partial charge in [0.2, 0.25) is 0 Å². The summed E-state index contributed by atoms with van der Waals surface area (Å²) >= 11 is 1.95. The van der Waals surface area contributed by atoms with Gasteiger partial charge in [-0.15, -0.1) is 11.8 Å². The van der Waals surface area contributed by atoms with Gasteiger partial charge in [0.05, 0.1) is 0 Å². The average molecular weight is 222 g/mol. The Labute approximate surface area is 95.8 Å². The molecule has 1 atom stereocenters. The normalized spacial score (nSPS) is 21.5. The van der Waals surface area contributed by atoms with Crippen molar-refractivity contribution in [1.82, 2.24) is 10.6 Å². The molecule has 0 aliphatic carbocycles. The van der Waals surface area contributed by atoms with Crippen LogP contribution in [0.2, 0.25) is 0 Å². The summed E-state index contributed by atoms with van der Waals surface area (Å²) < 4.78 is 0. The summed E-state index contributed by atoms with van der Waals surface area (Å²) in [6.07, 6.45) is 1.24. The molecular weight excluding hydrogens is 204 g/mol. The Morgan fingerprint density at radius 1 is 1.20 bits per heavy atom. The van der Waals surface area contributed by atoms with Gasteiger partial charge in [0.15, 0.2) is 0 Å². The molecule has 0 spiro atoms. The number of piperazine rings is 1. The van der Waals surface area contributed by atoms with E-state index in [1.165, 1.54) is 17.1 Å². The first-order chi connectivity index (χ1) is 7.45. The molecule has 82 valence electrons. The van der Waals surface area contributed by atoms with Crippen LogP contribution in [0.4, 0.5) is 0 Å². The van der Waals surface area contributed by atoms with Crippen molar-refractivity contribution >= 4 is 11.8 Å². The number of benzene rings is 1. The zero-order valence-corrected chi connectivity index (χ0v) is 9.72. The summed E-state index contributed by atoms with van der Waals surface area (Å²) in [7, 11) is 0. The van der Waals surface area contributed by atoms with Gasteiger partial charge in [-0.1, -0.05) is 18.2 Å². The molecule has 1 aliphatic heterocycles. The Morgan fingerprint density at radius 2 is 2.07 bits per heavy atom. The molecule has 3 heteroatoms. The molecule has 1 fully saturated rings. The zero-order chi connectivity index (χ0) is 10.3. The Bertz CT molecular complexity index is 270. The van der Waals surface area contributed by atoms with Crippen LogP contribution < -0.4 is 10.6 Å². The van der Waals surface area contributed by atoms with Crippen molar-refractivity contribution in [3.63, 3.8) is 0 Å². The lowest BCUT2D eigenvalue weighted by atomic mass is 10.2. The van der Waals surface area contributed by atoms with Gasteiger partial charge in [-0.3, -0.25) is 0 Å². The Morgan fingerprint density at radius 3 is 2.80 bits per heavy atom. The van der Waals surface area contributed by atoms with E-state index in [1.807, 2.05) is 11.8 Å². The second kappa shape index (κ2) is 6.16. The highest BCUT2D eigenvalue weighted by atomic mass is 32.2. The van der Waals surface area contributed by atoms with Crippen molar-refractivity contribution in [3.8, 4) is 0 Å². The summed E-state index contributed by atoms with van der Waals surface area (Å²) in [6, 6.07) is 11.3. The van der Waals surface area contributed by atoms with Crippen molar-refractivity contribution in [2.24, 2.45) is 0 Å². The molecule has 0 saturated carbocycles. The van der Waals surface area contributed by atoms with Crippen molar-refractivity contribution in [2.75, 3.05) is 25.4 Å². The minimum Gasteiger partial charge on any atom is -0.314 e. The fourth-order valence-corrected chi connectivity index (χ4v) is 2.74. The highest BCUT2D eigenvalue weighted by Gasteiger charge is 2.10. The first-order valence-corrected chi connectivity index (χ1v) is 6.55. The second-order valence-corrected chi connectivity index (χ2v) is 4.97. The molecule has 1 aliphatic rings. The number of thioether (sulfide) groups is 1. The molecule has 0 aromatic heterocycles. The molecule has 0 unspecified atom stereocenters. The van der Waals surface area contributed by atoms with Crippen LogP contribution in [0.5, 0.6) is 0 Å². The van der Waals surface area contributed by atoms with E-state index in [0.717, 1.165) is 19.6 Å². The number of rotatable bonds is 4. The van der Waals surface area contributed by atoms with Crippen LogP contribution in [0, 0.1) is 0 Å².